The van der Waals surface area contributed by atoms with Crippen LogP contribution in [0.25, 0.3) is 0 Å². The number of carbonyl (C=O) groups excluding carboxylic acids is 1. The van der Waals surface area contributed by atoms with Gasteiger partial charge in [-0.25, -0.2) is 0 Å². The zero-order chi connectivity index (χ0) is 22.2. The molecule has 0 spiro atoms. The fourth-order valence-corrected chi connectivity index (χ4v) is 4.27. The van der Waals surface area contributed by atoms with Crippen LogP contribution in [0.2, 0.25) is 0 Å². The Kier molecular flexibility index (Phi) is 8.13. The maximum absolute atomic E-state index is 12.8. The number of hydrogen-bond acceptors (Lipinski definition) is 7. The molecule has 1 fully saturated rings. The van der Waals surface area contributed by atoms with E-state index in [9.17, 15) is 14.9 Å². The van der Waals surface area contributed by atoms with Gasteiger partial charge in [-0.3, -0.25) is 19.8 Å². The van der Waals surface area contributed by atoms with Gasteiger partial charge in [-0.1, -0.05) is 0 Å². The third-order valence-electron chi connectivity index (χ3n) is 5.13. The highest BCUT2D eigenvalue weighted by Gasteiger charge is 2.25. The van der Waals surface area contributed by atoms with Crippen molar-refractivity contribution in [3.63, 3.8) is 0 Å². The molecule has 0 aliphatic carbocycles. The molecule has 3 rings (SSSR count). The average molecular weight is 446 g/mol. The van der Waals surface area contributed by atoms with Gasteiger partial charge in [-0.15, -0.1) is 11.8 Å². The van der Waals surface area contributed by atoms with Gasteiger partial charge >= 0.3 is 0 Å². The highest BCUT2D eigenvalue weighted by molar-refractivity contribution is 8.00. The molecule has 1 heterocycles. The van der Waals surface area contributed by atoms with Crippen LogP contribution >= 0.6 is 11.8 Å². The summed E-state index contributed by atoms with van der Waals surface area (Å²) in [6.07, 6.45) is 0. The molecule has 0 unspecified atom stereocenters. The van der Waals surface area contributed by atoms with Crippen LogP contribution in [-0.4, -0.2) is 72.3 Å². The minimum Gasteiger partial charge on any atom is -0.497 e. The van der Waals surface area contributed by atoms with Crippen molar-refractivity contribution < 1.29 is 19.2 Å². The summed E-state index contributed by atoms with van der Waals surface area (Å²) in [4.78, 5) is 28.1. The van der Waals surface area contributed by atoms with E-state index < -0.39 is 4.92 Å². The lowest BCUT2D eigenvalue weighted by atomic mass is 10.3. The maximum Gasteiger partial charge on any atom is 0.269 e. The predicted molar refractivity (Wildman–Crippen MR) is 120 cm³/mol. The number of non-ortho nitro benzene ring substituents is 1. The van der Waals surface area contributed by atoms with Gasteiger partial charge < -0.3 is 14.4 Å². The van der Waals surface area contributed by atoms with Crippen LogP contribution in [0.1, 0.15) is 6.92 Å². The van der Waals surface area contributed by atoms with Crippen LogP contribution < -0.4 is 9.47 Å². The molecule has 2 aromatic carbocycles. The van der Waals surface area contributed by atoms with E-state index in [4.69, 9.17) is 9.47 Å². The smallest absolute Gasteiger partial charge is 0.269 e. The fraction of sp³-hybridized carbons (Fsp3) is 0.409. The van der Waals surface area contributed by atoms with Crippen molar-refractivity contribution in [3.8, 4) is 11.5 Å². The number of piperazine rings is 1. The Morgan fingerprint density at radius 2 is 1.68 bits per heavy atom. The average Bonchev–Trinajstić information content (AvgIpc) is 2.80. The number of nitro groups is 1. The van der Waals surface area contributed by atoms with Gasteiger partial charge in [0.2, 0.25) is 5.91 Å². The van der Waals surface area contributed by atoms with E-state index in [0.29, 0.717) is 19.7 Å². The molecule has 9 heteroatoms. The van der Waals surface area contributed by atoms with Gasteiger partial charge in [-0.2, -0.15) is 0 Å². The molecule has 2 aromatic rings. The number of thioether (sulfide) groups is 1. The Morgan fingerprint density at radius 1 is 1.06 bits per heavy atom. The molecule has 31 heavy (non-hydrogen) atoms. The standard InChI is InChI=1S/C22H27N3O5S/c1-17(31-21-9-3-18(4-10-21)25(27)28)22(26)24-13-11-23(12-14-24)15-16-30-20-7-5-19(29-2)6-8-20/h3-10,17H,11-16H2,1-2H3/t17-/m0/s1. The van der Waals surface area contributed by atoms with Crippen LogP contribution in [0.4, 0.5) is 5.69 Å². The minimum atomic E-state index is -0.426. The zero-order valence-electron chi connectivity index (χ0n) is 17.7. The van der Waals surface area contributed by atoms with Gasteiger partial charge in [-0.05, 0) is 43.3 Å². The molecule has 1 atom stereocenters. The van der Waals surface area contributed by atoms with Crippen molar-refractivity contribution in [2.45, 2.75) is 17.1 Å². The Labute approximate surface area is 186 Å². The largest absolute Gasteiger partial charge is 0.497 e. The monoisotopic (exact) mass is 445 g/mol. The molecule has 0 saturated carbocycles. The van der Waals surface area contributed by atoms with Gasteiger partial charge in [0.25, 0.3) is 5.69 Å². The lowest BCUT2D eigenvalue weighted by Gasteiger charge is -2.35. The molecule has 166 valence electrons. The van der Waals surface area contributed by atoms with Crippen molar-refractivity contribution in [2.75, 3.05) is 46.4 Å². The first-order valence-electron chi connectivity index (χ1n) is 10.2. The second kappa shape index (κ2) is 11.0. The third kappa shape index (κ3) is 6.60. The van der Waals surface area contributed by atoms with Crippen LogP contribution in [0.15, 0.2) is 53.4 Å². The van der Waals surface area contributed by atoms with E-state index in [0.717, 1.165) is 36.0 Å². The number of nitro benzene ring substituents is 1. The van der Waals surface area contributed by atoms with Gasteiger partial charge in [0, 0.05) is 49.8 Å². The minimum absolute atomic E-state index is 0.0513. The normalized spacial score (nSPS) is 15.4. The first kappa shape index (κ1) is 22.9. The van der Waals surface area contributed by atoms with E-state index in [1.54, 1.807) is 19.2 Å². The summed E-state index contributed by atoms with van der Waals surface area (Å²) in [6, 6.07) is 13.8. The first-order valence-corrected chi connectivity index (χ1v) is 11.0. The Morgan fingerprint density at radius 3 is 2.26 bits per heavy atom. The quantitative estimate of drug-likeness (QED) is 0.333. The predicted octanol–water partition coefficient (Wildman–Crippen LogP) is 3.31. The van der Waals surface area contributed by atoms with Crippen molar-refractivity contribution in [1.82, 2.24) is 9.80 Å². The summed E-state index contributed by atoms with van der Waals surface area (Å²) in [5, 5.41) is 10.5. The number of nitrogens with zero attached hydrogens (tertiary/aromatic N) is 3. The van der Waals surface area contributed by atoms with Crippen LogP contribution in [0, 0.1) is 10.1 Å². The molecule has 1 aliphatic heterocycles. The molecule has 8 nitrogen and oxygen atoms in total. The number of amides is 1. The Balaban J connectivity index is 1.38. The summed E-state index contributed by atoms with van der Waals surface area (Å²) < 4.78 is 10.9. The number of carbonyl (C=O) groups is 1. The Bertz CT molecular complexity index is 868. The Hall–Kier alpha value is -2.78. The number of methoxy groups -OCH3 is 1. The van der Waals surface area contributed by atoms with Gasteiger partial charge in [0.1, 0.15) is 18.1 Å². The molecular formula is C22H27N3O5S. The van der Waals surface area contributed by atoms with E-state index in [1.165, 1.54) is 23.9 Å². The molecule has 0 N–H and O–H groups in total. The number of ether oxygens (including phenoxy) is 2. The molecule has 1 saturated heterocycles. The molecule has 1 amide bonds. The second-order valence-electron chi connectivity index (χ2n) is 7.20. The second-order valence-corrected chi connectivity index (χ2v) is 8.62. The number of hydrogen-bond donors (Lipinski definition) is 0. The van der Waals surface area contributed by atoms with Crippen molar-refractivity contribution in [1.29, 1.82) is 0 Å². The molecule has 1 aliphatic rings. The van der Waals surface area contributed by atoms with Gasteiger partial charge in [0.05, 0.1) is 17.3 Å². The highest BCUT2D eigenvalue weighted by Crippen LogP contribution is 2.26. The lowest BCUT2D eigenvalue weighted by Crippen LogP contribution is -2.51. The van der Waals surface area contributed by atoms with Crippen molar-refractivity contribution >= 4 is 23.4 Å². The summed E-state index contributed by atoms with van der Waals surface area (Å²) >= 11 is 1.42. The molecular weight excluding hydrogens is 418 g/mol. The molecule has 0 aromatic heterocycles. The summed E-state index contributed by atoms with van der Waals surface area (Å²) in [6.45, 7) is 6.27. The van der Waals surface area contributed by atoms with Crippen LogP contribution in [0.3, 0.4) is 0 Å². The number of benzene rings is 2. The lowest BCUT2D eigenvalue weighted by molar-refractivity contribution is -0.384. The zero-order valence-corrected chi connectivity index (χ0v) is 18.5. The summed E-state index contributed by atoms with van der Waals surface area (Å²) in [5.41, 5.74) is 0.0513. The number of rotatable bonds is 9. The van der Waals surface area contributed by atoms with E-state index in [2.05, 4.69) is 4.90 Å². The van der Waals surface area contributed by atoms with Crippen LogP contribution in [-0.2, 0) is 4.79 Å². The maximum atomic E-state index is 12.8. The third-order valence-corrected chi connectivity index (χ3v) is 6.23. The first-order chi connectivity index (χ1) is 15.0. The summed E-state index contributed by atoms with van der Waals surface area (Å²) in [7, 11) is 1.63. The fourth-order valence-electron chi connectivity index (χ4n) is 3.31. The van der Waals surface area contributed by atoms with E-state index in [-0.39, 0.29) is 16.8 Å². The SMILES string of the molecule is COc1ccc(OCCN2CCN(C(=O)[C@H](C)Sc3ccc([N+](=O)[O-])cc3)CC2)cc1. The van der Waals surface area contributed by atoms with E-state index >= 15 is 0 Å². The van der Waals surface area contributed by atoms with E-state index in [1.807, 2.05) is 36.1 Å². The van der Waals surface area contributed by atoms with Crippen molar-refractivity contribution in [3.05, 3.63) is 58.6 Å². The van der Waals surface area contributed by atoms with Gasteiger partial charge in [0.15, 0.2) is 0 Å². The molecule has 0 radical (unpaired) electrons. The highest BCUT2D eigenvalue weighted by atomic mass is 32.2. The van der Waals surface area contributed by atoms with Crippen LogP contribution in [0.5, 0.6) is 11.5 Å². The van der Waals surface area contributed by atoms with Crippen molar-refractivity contribution in [2.24, 2.45) is 0 Å². The summed E-state index contributed by atoms with van der Waals surface area (Å²) in [5.74, 6) is 1.71. The topological polar surface area (TPSA) is 85.2 Å². The molecule has 0 bridgehead atoms.